The van der Waals surface area contributed by atoms with Crippen LogP contribution in [0.2, 0.25) is 0 Å². The number of anilines is 2. The fourth-order valence-corrected chi connectivity index (χ4v) is 10.4. The predicted octanol–water partition coefficient (Wildman–Crippen LogP) is 9.97. The summed E-state index contributed by atoms with van der Waals surface area (Å²) in [6.45, 7) is 4.81. The molecule has 7 aromatic carbocycles. The second-order valence-electron chi connectivity index (χ2n) is 13.7. The van der Waals surface area contributed by atoms with Crippen molar-refractivity contribution in [2.24, 2.45) is 0 Å². The number of hydrogen-bond donors (Lipinski definition) is 0. The number of hydrogen-bond acceptors (Lipinski definition) is 2. The van der Waals surface area contributed by atoms with Crippen molar-refractivity contribution in [1.82, 2.24) is 4.57 Å². The topological polar surface area (TPSA) is 8.17 Å². The van der Waals surface area contributed by atoms with E-state index in [1.54, 1.807) is 0 Å². The second kappa shape index (κ2) is 8.99. The van der Waals surface area contributed by atoms with Crippen molar-refractivity contribution in [2.45, 2.75) is 29.1 Å². The summed E-state index contributed by atoms with van der Waals surface area (Å²) in [5, 5.41) is 5.22. The van der Waals surface area contributed by atoms with Gasteiger partial charge in [-0.2, -0.15) is 0 Å². The molecule has 1 aromatic heterocycles. The molecule has 0 fully saturated rings. The molecule has 8 aromatic rings. The monoisotopic (exact) mass is 616 g/mol. The molecule has 11 rings (SSSR count). The van der Waals surface area contributed by atoms with Crippen molar-refractivity contribution in [3.05, 3.63) is 151 Å². The summed E-state index contributed by atoms with van der Waals surface area (Å²) in [7, 11) is 0. The highest BCUT2D eigenvalue weighted by Gasteiger charge is 2.45. The van der Waals surface area contributed by atoms with Gasteiger partial charge in [0.1, 0.15) is 0 Å². The first kappa shape index (κ1) is 25.9. The number of rotatable bonds is 1. The Kier molecular flexibility index (Phi) is 4.97. The third-order valence-electron chi connectivity index (χ3n) is 11.0. The molecule has 3 aliphatic rings. The number of fused-ring (bicyclic) bond motifs is 11. The van der Waals surface area contributed by atoms with Gasteiger partial charge in [-0.05, 0) is 80.9 Å². The molecule has 0 saturated carbocycles. The van der Waals surface area contributed by atoms with Crippen LogP contribution in [0.1, 0.15) is 25.0 Å². The quantitative estimate of drug-likeness (QED) is 0.170. The van der Waals surface area contributed by atoms with E-state index in [4.69, 9.17) is 0 Å². The zero-order valence-electron chi connectivity index (χ0n) is 26.2. The molecule has 47 heavy (non-hydrogen) atoms. The minimum absolute atomic E-state index is 0.0183. The van der Waals surface area contributed by atoms with Crippen LogP contribution in [0.15, 0.2) is 149 Å². The van der Waals surface area contributed by atoms with Crippen LogP contribution in [-0.4, -0.2) is 11.4 Å². The van der Waals surface area contributed by atoms with Gasteiger partial charge in [-0.15, -0.1) is 0 Å². The van der Waals surface area contributed by atoms with E-state index < -0.39 is 0 Å². The molecule has 4 heterocycles. The van der Waals surface area contributed by atoms with Gasteiger partial charge in [0, 0.05) is 48.6 Å². The lowest BCUT2D eigenvalue weighted by Crippen LogP contribution is -2.60. The molecule has 0 radical (unpaired) electrons. The number of nitrogens with zero attached hydrogens (tertiary/aromatic N) is 2. The molecule has 0 bridgehead atoms. The third-order valence-corrected chi connectivity index (χ3v) is 12.1. The van der Waals surface area contributed by atoms with Crippen LogP contribution in [0, 0.1) is 0 Å². The molecule has 0 aliphatic carbocycles. The normalized spacial score (nSPS) is 15.0. The Morgan fingerprint density at radius 1 is 0.596 bits per heavy atom. The van der Waals surface area contributed by atoms with E-state index in [0.717, 1.165) is 0 Å². The smallest absolute Gasteiger partial charge is 0.333 e. The van der Waals surface area contributed by atoms with Gasteiger partial charge in [-0.25, -0.2) is 0 Å². The van der Waals surface area contributed by atoms with Crippen LogP contribution in [0.25, 0.3) is 49.4 Å². The van der Waals surface area contributed by atoms with Crippen molar-refractivity contribution >= 4 is 73.5 Å². The van der Waals surface area contributed by atoms with Gasteiger partial charge in [0.15, 0.2) is 0 Å². The fourth-order valence-electron chi connectivity index (χ4n) is 8.93. The largest absolute Gasteiger partial charge is 0.376 e. The summed E-state index contributed by atoms with van der Waals surface area (Å²) in [6.07, 6.45) is 0. The Hall–Kier alpha value is -5.19. The average Bonchev–Trinajstić information content (AvgIpc) is 3.45. The van der Waals surface area contributed by atoms with Crippen LogP contribution >= 0.6 is 11.8 Å². The van der Waals surface area contributed by atoms with E-state index in [-0.39, 0.29) is 12.3 Å². The SMILES string of the molecule is CC1(C)c2ccccc2Sc2cc3c(cc21)N(c1ccccc1)B1c2c(cc4ccccc4c2-3)-n2c3ccccc3c3cccc1c32. The Labute approximate surface area is 278 Å². The van der Waals surface area contributed by atoms with Gasteiger partial charge in [0.05, 0.1) is 11.0 Å². The first-order chi connectivity index (χ1) is 23.1. The maximum Gasteiger partial charge on any atom is 0.333 e. The van der Waals surface area contributed by atoms with Gasteiger partial charge in [-0.3, -0.25) is 0 Å². The van der Waals surface area contributed by atoms with Gasteiger partial charge in [0.25, 0.3) is 0 Å². The van der Waals surface area contributed by atoms with E-state index in [9.17, 15) is 0 Å². The molecule has 0 N–H and O–H groups in total. The molecule has 2 nitrogen and oxygen atoms in total. The van der Waals surface area contributed by atoms with Gasteiger partial charge >= 0.3 is 6.85 Å². The maximum atomic E-state index is 2.65. The summed E-state index contributed by atoms with van der Waals surface area (Å²) < 4.78 is 2.56. The molecule has 0 atom stereocenters. The van der Waals surface area contributed by atoms with E-state index in [0.29, 0.717) is 0 Å². The summed E-state index contributed by atoms with van der Waals surface area (Å²) in [4.78, 5) is 5.35. The van der Waals surface area contributed by atoms with Crippen molar-refractivity contribution < 1.29 is 0 Å². The molecule has 0 unspecified atom stereocenters. The minimum atomic E-state index is -0.127. The highest BCUT2D eigenvalue weighted by atomic mass is 32.2. The average molecular weight is 617 g/mol. The highest BCUT2D eigenvalue weighted by Crippen LogP contribution is 2.54. The van der Waals surface area contributed by atoms with Crippen molar-refractivity contribution in [1.29, 1.82) is 0 Å². The molecule has 0 saturated heterocycles. The first-order valence-corrected chi connectivity index (χ1v) is 17.3. The van der Waals surface area contributed by atoms with Gasteiger partial charge in [0.2, 0.25) is 0 Å². The number of benzene rings is 7. The summed E-state index contributed by atoms with van der Waals surface area (Å²) >= 11 is 1.92. The first-order valence-electron chi connectivity index (χ1n) is 16.5. The number of aromatic nitrogens is 1. The predicted molar refractivity (Wildman–Crippen MR) is 200 cm³/mol. The third kappa shape index (κ3) is 3.24. The van der Waals surface area contributed by atoms with Gasteiger partial charge < -0.3 is 9.38 Å². The molecule has 0 amide bonds. The lowest BCUT2D eigenvalue weighted by molar-refractivity contribution is 0.607. The van der Waals surface area contributed by atoms with Crippen LogP contribution in [-0.2, 0) is 5.41 Å². The molecule has 0 spiro atoms. The van der Waals surface area contributed by atoms with E-state index in [1.165, 1.54) is 92.6 Å². The van der Waals surface area contributed by atoms with Crippen molar-refractivity contribution in [2.75, 3.05) is 4.81 Å². The Balaban J connectivity index is 1.34. The van der Waals surface area contributed by atoms with E-state index in [2.05, 4.69) is 163 Å². The lowest BCUT2D eigenvalue weighted by atomic mass is 9.43. The van der Waals surface area contributed by atoms with E-state index in [1.807, 2.05) is 11.8 Å². The zero-order chi connectivity index (χ0) is 31.0. The Morgan fingerprint density at radius 2 is 1.34 bits per heavy atom. The van der Waals surface area contributed by atoms with Crippen LogP contribution < -0.4 is 15.7 Å². The van der Waals surface area contributed by atoms with Crippen molar-refractivity contribution in [3.8, 4) is 16.8 Å². The van der Waals surface area contributed by atoms with Crippen LogP contribution in [0.5, 0.6) is 0 Å². The van der Waals surface area contributed by atoms with Gasteiger partial charge in [-0.1, -0.05) is 123 Å². The highest BCUT2D eigenvalue weighted by molar-refractivity contribution is 7.99. The Morgan fingerprint density at radius 3 is 2.23 bits per heavy atom. The summed E-state index contributed by atoms with van der Waals surface area (Å²) in [6, 6.07) is 52.4. The molecule has 220 valence electrons. The van der Waals surface area contributed by atoms with Crippen LogP contribution in [0.4, 0.5) is 11.4 Å². The molecular formula is C43H29BN2S. The minimum Gasteiger partial charge on any atom is -0.376 e. The Bertz CT molecular complexity index is 2650. The fraction of sp³-hybridized carbons (Fsp3) is 0.0698. The maximum absolute atomic E-state index is 2.65. The molecule has 4 heteroatoms. The zero-order valence-corrected chi connectivity index (χ0v) is 27.0. The van der Waals surface area contributed by atoms with E-state index >= 15 is 0 Å². The van der Waals surface area contributed by atoms with Crippen molar-refractivity contribution in [3.63, 3.8) is 0 Å². The summed E-state index contributed by atoms with van der Waals surface area (Å²) in [5.74, 6) is 0. The number of para-hydroxylation sites is 3. The van der Waals surface area contributed by atoms with Crippen LogP contribution in [0.3, 0.4) is 0 Å². The molecular weight excluding hydrogens is 587 g/mol. The summed E-state index contributed by atoms with van der Waals surface area (Å²) in [5.41, 5.74) is 14.5. The second-order valence-corrected chi connectivity index (χ2v) is 14.8. The molecule has 3 aliphatic heterocycles. The standard InChI is InChI=1S/C43H29BN2S/c1-43(2)32-19-9-11-22-38(32)47-39-24-31-36(25-33(39)43)46(27-14-4-3-5-15-27)44-34-20-12-18-30-29-17-8-10-21-35(29)45(42(30)34)37-23-26-13-6-7-16-28(26)40(31)41(37)44/h3-25H,1-2H3. The lowest BCUT2D eigenvalue weighted by Gasteiger charge is -2.44.